The molecule has 0 saturated heterocycles. The van der Waals surface area contributed by atoms with E-state index in [-0.39, 0.29) is 12.7 Å². The molecule has 0 aromatic heterocycles. The first-order valence-corrected chi connectivity index (χ1v) is 5.27. The molecule has 1 aromatic rings. The summed E-state index contributed by atoms with van der Waals surface area (Å²) in [5.74, 6) is 3.23. The van der Waals surface area contributed by atoms with Crippen LogP contribution < -0.4 is 10.1 Å². The molecular formula is C13H17NO2. The minimum absolute atomic E-state index is 0.271. The second-order valence-electron chi connectivity index (χ2n) is 3.58. The van der Waals surface area contributed by atoms with Gasteiger partial charge in [-0.1, -0.05) is 24.1 Å². The van der Waals surface area contributed by atoms with Crippen LogP contribution in [0.4, 0.5) is 0 Å². The van der Waals surface area contributed by atoms with Crippen LogP contribution in [0.1, 0.15) is 12.5 Å². The Morgan fingerprint density at radius 3 is 2.94 bits per heavy atom. The standard InChI is InChI=1S/C13H17NO2/c1-3-8-16-13-7-5-4-6-12(13)10-14-9-11(2)15/h1,4-7,11,14-15H,8-10H2,2H3. The van der Waals surface area contributed by atoms with Crippen molar-refractivity contribution < 1.29 is 9.84 Å². The molecular weight excluding hydrogens is 202 g/mol. The van der Waals surface area contributed by atoms with Gasteiger partial charge in [-0.05, 0) is 13.0 Å². The summed E-state index contributed by atoms with van der Waals surface area (Å²) in [6.45, 7) is 3.23. The summed E-state index contributed by atoms with van der Waals surface area (Å²) in [7, 11) is 0. The molecule has 0 amide bonds. The summed E-state index contributed by atoms with van der Waals surface area (Å²) in [5, 5.41) is 12.3. The molecule has 2 N–H and O–H groups in total. The Labute approximate surface area is 96.4 Å². The number of terminal acetylenes is 1. The van der Waals surface area contributed by atoms with Crippen LogP contribution in [0.5, 0.6) is 5.75 Å². The van der Waals surface area contributed by atoms with Gasteiger partial charge in [0.05, 0.1) is 6.10 Å². The van der Waals surface area contributed by atoms with Crippen molar-refractivity contribution in [1.82, 2.24) is 5.32 Å². The van der Waals surface area contributed by atoms with Crippen molar-refractivity contribution in [2.24, 2.45) is 0 Å². The average molecular weight is 219 g/mol. The second kappa shape index (κ2) is 6.89. The van der Waals surface area contributed by atoms with Gasteiger partial charge in [0.25, 0.3) is 0 Å². The van der Waals surface area contributed by atoms with Crippen molar-refractivity contribution in [3.8, 4) is 18.1 Å². The van der Waals surface area contributed by atoms with Gasteiger partial charge in [0.15, 0.2) is 0 Å². The highest BCUT2D eigenvalue weighted by Crippen LogP contribution is 2.17. The molecule has 0 spiro atoms. The van der Waals surface area contributed by atoms with Gasteiger partial charge in [0.1, 0.15) is 12.4 Å². The van der Waals surface area contributed by atoms with Crippen molar-refractivity contribution in [1.29, 1.82) is 0 Å². The van der Waals surface area contributed by atoms with Crippen LogP contribution in [0.2, 0.25) is 0 Å². The number of hydrogen-bond acceptors (Lipinski definition) is 3. The lowest BCUT2D eigenvalue weighted by Crippen LogP contribution is -2.24. The number of aliphatic hydroxyl groups excluding tert-OH is 1. The molecule has 0 saturated carbocycles. The first-order chi connectivity index (χ1) is 7.74. The van der Waals surface area contributed by atoms with E-state index in [0.29, 0.717) is 13.1 Å². The SMILES string of the molecule is C#CCOc1ccccc1CNCC(C)O. The van der Waals surface area contributed by atoms with E-state index in [1.54, 1.807) is 6.92 Å². The number of para-hydroxylation sites is 1. The molecule has 16 heavy (non-hydrogen) atoms. The summed E-state index contributed by atoms with van der Waals surface area (Å²) in [6, 6.07) is 7.71. The van der Waals surface area contributed by atoms with E-state index in [1.807, 2.05) is 24.3 Å². The molecule has 86 valence electrons. The minimum Gasteiger partial charge on any atom is -0.481 e. The third-order valence-corrected chi connectivity index (χ3v) is 2.04. The van der Waals surface area contributed by atoms with Crippen molar-refractivity contribution in [3.05, 3.63) is 29.8 Å². The molecule has 0 radical (unpaired) electrons. The molecule has 1 rings (SSSR count). The fraction of sp³-hybridized carbons (Fsp3) is 0.385. The Hall–Kier alpha value is -1.50. The zero-order valence-corrected chi connectivity index (χ0v) is 9.44. The van der Waals surface area contributed by atoms with Crippen LogP contribution in [0, 0.1) is 12.3 Å². The fourth-order valence-electron chi connectivity index (χ4n) is 1.33. The fourth-order valence-corrected chi connectivity index (χ4v) is 1.33. The topological polar surface area (TPSA) is 41.5 Å². The summed E-state index contributed by atoms with van der Waals surface area (Å²) in [4.78, 5) is 0. The zero-order chi connectivity index (χ0) is 11.8. The van der Waals surface area contributed by atoms with Crippen molar-refractivity contribution in [2.75, 3.05) is 13.2 Å². The summed E-state index contributed by atoms with van der Waals surface area (Å²) >= 11 is 0. The quantitative estimate of drug-likeness (QED) is 0.706. The highest BCUT2D eigenvalue weighted by atomic mass is 16.5. The number of hydrogen-bond donors (Lipinski definition) is 2. The number of benzene rings is 1. The lowest BCUT2D eigenvalue weighted by atomic mass is 10.2. The molecule has 0 fully saturated rings. The van der Waals surface area contributed by atoms with E-state index in [2.05, 4.69) is 11.2 Å². The molecule has 0 aliphatic carbocycles. The van der Waals surface area contributed by atoms with E-state index in [1.165, 1.54) is 0 Å². The van der Waals surface area contributed by atoms with Gasteiger partial charge in [-0.15, -0.1) is 6.42 Å². The highest BCUT2D eigenvalue weighted by Gasteiger charge is 2.02. The summed E-state index contributed by atoms with van der Waals surface area (Å²) in [5.41, 5.74) is 1.04. The Balaban J connectivity index is 2.53. The van der Waals surface area contributed by atoms with Gasteiger partial charge in [0.2, 0.25) is 0 Å². The highest BCUT2D eigenvalue weighted by molar-refractivity contribution is 5.33. The zero-order valence-electron chi connectivity index (χ0n) is 9.44. The monoisotopic (exact) mass is 219 g/mol. The van der Waals surface area contributed by atoms with Crippen LogP contribution in [0.15, 0.2) is 24.3 Å². The van der Waals surface area contributed by atoms with Crippen molar-refractivity contribution in [2.45, 2.75) is 19.6 Å². The molecule has 1 atom stereocenters. The number of ether oxygens (including phenoxy) is 1. The summed E-state index contributed by atoms with van der Waals surface area (Å²) in [6.07, 6.45) is 4.79. The number of nitrogens with one attached hydrogen (secondary N) is 1. The average Bonchev–Trinajstić information content (AvgIpc) is 2.27. The normalized spacial score (nSPS) is 11.8. The third-order valence-electron chi connectivity index (χ3n) is 2.04. The minimum atomic E-state index is -0.348. The third kappa shape index (κ3) is 4.35. The van der Waals surface area contributed by atoms with Gasteiger partial charge < -0.3 is 15.2 Å². The van der Waals surface area contributed by atoms with Crippen LogP contribution in [0.3, 0.4) is 0 Å². The maximum absolute atomic E-state index is 9.12. The van der Waals surface area contributed by atoms with E-state index in [9.17, 15) is 0 Å². The van der Waals surface area contributed by atoms with E-state index in [0.717, 1.165) is 11.3 Å². The van der Waals surface area contributed by atoms with Gasteiger partial charge in [-0.2, -0.15) is 0 Å². The first-order valence-electron chi connectivity index (χ1n) is 5.27. The van der Waals surface area contributed by atoms with Crippen molar-refractivity contribution in [3.63, 3.8) is 0 Å². The predicted molar refractivity (Wildman–Crippen MR) is 64.2 cm³/mol. The molecule has 0 aliphatic heterocycles. The molecule has 3 nitrogen and oxygen atoms in total. The summed E-state index contributed by atoms with van der Waals surface area (Å²) < 4.78 is 5.41. The molecule has 0 heterocycles. The van der Waals surface area contributed by atoms with E-state index < -0.39 is 0 Å². The number of aliphatic hydroxyl groups is 1. The van der Waals surface area contributed by atoms with Gasteiger partial charge in [0, 0.05) is 18.7 Å². The lowest BCUT2D eigenvalue weighted by Gasteiger charge is -2.11. The smallest absolute Gasteiger partial charge is 0.148 e. The number of rotatable bonds is 6. The van der Waals surface area contributed by atoms with E-state index >= 15 is 0 Å². The molecule has 1 aromatic carbocycles. The Kier molecular flexibility index (Phi) is 5.41. The van der Waals surface area contributed by atoms with Crippen molar-refractivity contribution >= 4 is 0 Å². The molecule has 0 bridgehead atoms. The van der Waals surface area contributed by atoms with E-state index in [4.69, 9.17) is 16.3 Å². The van der Waals surface area contributed by atoms with Crippen LogP contribution >= 0.6 is 0 Å². The van der Waals surface area contributed by atoms with Crippen LogP contribution in [-0.4, -0.2) is 24.4 Å². The predicted octanol–water partition coefficient (Wildman–Crippen LogP) is 1.17. The Morgan fingerprint density at radius 1 is 1.50 bits per heavy atom. The first kappa shape index (κ1) is 12.6. The maximum Gasteiger partial charge on any atom is 0.148 e. The molecule has 3 heteroatoms. The largest absolute Gasteiger partial charge is 0.481 e. The molecule has 1 unspecified atom stereocenters. The van der Waals surface area contributed by atoms with Crippen LogP contribution in [-0.2, 0) is 6.54 Å². The maximum atomic E-state index is 9.12. The molecule has 0 aliphatic rings. The van der Waals surface area contributed by atoms with Gasteiger partial charge in [-0.25, -0.2) is 0 Å². The van der Waals surface area contributed by atoms with Crippen LogP contribution in [0.25, 0.3) is 0 Å². The van der Waals surface area contributed by atoms with Gasteiger partial charge >= 0.3 is 0 Å². The Bertz CT molecular complexity index is 355. The second-order valence-corrected chi connectivity index (χ2v) is 3.58. The van der Waals surface area contributed by atoms with Gasteiger partial charge in [-0.3, -0.25) is 0 Å². The Morgan fingerprint density at radius 2 is 2.25 bits per heavy atom. The lowest BCUT2D eigenvalue weighted by molar-refractivity contribution is 0.190.